The normalized spacial score (nSPS) is 20.2. The average Bonchev–Trinajstić information content (AvgIpc) is 3.44. The molecular formula is C23H26N4O. The molecule has 2 aliphatic rings. The summed E-state index contributed by atoms with van der Waals surface area (Å²) >= 11 is 0. The van der Waals surface area contributed by atoms with E-state index in [1.165, 1.54) is 25.7 Å². The number of likely N-dealkylation sites (tertiary alicyclic amines) is 1. The Morgan fingerprint density at radius 2 is 2.07 bits per heavy atom. The van der Waals surface area contributed by atoms with E-state index >= 15 is 0 Å². The summed E-state index contributed by atoms with van der Waals surface area (Å²) in [5, 5.41) is 12.4. The molecule has 5 nitrogen and oxygen atoms in total. The zero-order valence-electron chi connectivity index (χ0n) is 16.1. The van der Waals surface area contributed by atoms with E-state index in [-0.39, 0.29) is 5.91 Å². The highest BCUT2D eigenvalue weighted by molar-refractivity contribution is 5.95. The molecule has 2 aromatic rings. The topological polar surface area (TPSA) is 69.0 Å². The molecule has 1 aliphatic carbocycles. The molecule has 2 fully saturated rings. The smallest absolute Gasteiger partial charge is 0.251 e. The summed E-state index contributed by atoms with van der Waals surface area (Å²) in [5.74, 6) is 0.476. The lowest BCUT2D eigenvalue weighted by Crippen LogP contribution is -2.34. The molecule has 2 heterocycles. The molecule has 1 saturated carbocycles. The Morgan fingerprint density at radius 3 is 2.89 bits per heavy atom. The molecule has 1 N–H and O–H groups in total. The van der Waals surface area contributed by atoms with E-state index in [2.05, 4.69) is 21.3 Å². The summed E-state index contributed by atoms with van der Waals surface area (Å²) in [4.78, 5) is 19.6. The lowest BCUT2D eigenvalue weighted by Gasteiger charge is -2.23. The maximum atomic E-state index is 12.7. The second kappa shape index (κ2) is 8.53. The monoisotopic (exact) mass is 374 g/mol. The first-order chi connectivity index (χ1) is 13.7. The van der Waals surface area contributed by atoms with Gasteiger partial charge in [-0.2, -0.15) is 5.26 Å². The van der Waals surface area contributed by atoms with Crippen molar-refractivity contribution in [2.75, 3.05) is 19.6 Å². The van der Waals surface area contributed by atoms with Crippen molar-refractivity contribution < 1.29 is 4.79 Å². The first-order valence-electron chi connectivity index (χ1n) is 10.2. The number of carbonyl (C=O) groups is 1. The van der Waals surface area contributed by atoms with Gasteiger partial charge in [0.25, 0.3) is 5.91 Å². The zero-order valence-corrected chi connectivity index (χ0v) is 16.1. The Balaban J connectivity index is 1.37. The fourth-order valence-electron chi connectivity index (χ4n) is 4.50. The van der Waals surface area contributed by atoms with Crippen molar-refractivity contribution in [3.8, 4) is 17.3 Å². The Kier molecular flexibility index (Phi) is 5.68. The molecule has 5 heteroatoms. The van der Waals surface area contributed by atoms with Crippen LogP contribution < -0.4 is 5.32 Å². The van der Waals surface area contributed by atoms with Crippen LogP contribution in [0.4, 0.5) is 0 Å². The summed E-state index contributed by atoms with van der Waals surface area (Å²) in [6.07, 6.45) is 8.23. The summed E-state index contributed by atoms with van der Waals surface area (Å²) in [5.41, 5.74) is 2.52. The van der Waals surface area contributed by atoms with Crippen molar-refractivity contribution in [3.63, 3.8) is 0 Å². The average molecular weight is 374 g/mol. The van der Waals surface area contributed by atoms with E-state index < -0.39 is 0 Å². The van der Waals surface area contributed by atoms with E-state index in [4.69, 9.17) is 0 Å². The van der Waals surface area contributed by atoms with Crippen LogP contribution in [0.3, 0.4) is 0 Å². The highest BCUT2D eigenvalue weighted by atomic mass is 16.1. The number of pyridine rings is 1. The SMILES string of the molecule is N#Cc1cccnc1-c1cccc(C(=O)NC[C@H]2CCN(C3CCCC3)C2)c1. The van der Waals surface area contributed by atoms with Crippen LogP contribution in [0.15, 0.2) is 42.6 Å². The molecule has 1 atom stereocenters. The van der Waals surface area contributed by atoms with Crippen LogP contribution in [0.5, 0.6) is 0 Å². The molecule has 1 saturated heterocycles. The van der Waals surface area contributed by atoms with E-state index in [0.717, 1.165) is 37.7 Å². The van der Waals surface area contributed by atoms with Crippen molar-refractivity contribution >= 4 is 5.91 Å². The van der Waals surface area contributed by atoms with E-state index in [1.54, 1.807) is 18.3 Å². The van der Waals surface area contributed by atoms with Crippen LogP contribution in [0.25, 0.3) is 11.3 Å². The number of carbonyl (C=O) groups excluding carboxylic acids is 1. The van der Waals surface area contributed by atoms with Crippen molar-refractivity contribution in [1.29, 1.82) is 5.26 Å². The van der Waals surface area contributed by atoms with Gasteiger partial charge in [-0.15, -0.1) is 0 Å². The van der Waals surface area contributed by atoms with E-state index in [1.807, 2.05) is 24.3 Å². The molecule has 144 valence electrons. The van der Waals surface area contributed by atoms with Gasteiger partial charge in [0.1, 0.15) is 6.07 Å². The number of hydrogen-bond donors (Lipinski definition) is 1. The maximum Gasteiger partial charge on any atom is 0.251 e. The van der Waals surface area contributed by atoms with E-state index in [9.17, 15) is 10.1 Å². The second-order valence-electron chi connectivity index (χ2n) is 7.89. The largest absolute Gasteiger partial charge is 0.352 e. The highest BCUT2D eigenvalue weighted by Crippen LogP contribution is 2.28. The molecule has 4 rings (SSSR count). The fourth-order valence-corrected chi connectivity index (χ4v) is 4.50. The summed E-state index contributed by atoms with van der Waals surface area (Å²) in [6.45, 7) is 2.99. The zero-order chi connectivity index (χ0) is 19.3. The lowest BCUT2D eigenvalue weighted by molar-refractivity contribution is 0.0947. The molecule has 0 radical (unpaired) electrons. The lowest BCUT2D eigenvalue weighted by atomic mass is 10.0. The van der Waals surface area contributed by atoms with Crippen molar-refractivity contribution in [1.82, 2.24) is 15.2 Å². The maximum absolute atomic E-state index is 12.7. The van der Waals surface area contributed by atoms with Gasteiger partial charge < -0.3 is 10.2 Å². The molecule has 0 unspecified atom stereocenters. The van der Waals surface area contributed by atoms with Gasteiger partial charge in [0, 0.05) is 36.5 Å². The van der Waals surface area contributed by atoms with Crippen LogP contribution >= 0.6 is 0 Å². The third kappa shape index (κ3) is 4.07. The van der Waals surface area contributed by atoms with Gasteiger partial charge in [0.2, 0.25) is 0 Å². The summed E-state index contributed by atoms with van der Waals surface area (Å²) in [7, 11) is 0. The van der Waals surface area contributed by atoms with Crippen molar-refractivity contribution in [2.45, 2.75) is 38.1 Å². The fraction of sp³-hybridized carbons (Fsp3) is 0.435. The van der Waals surface area contributed by atoms with Crippen molar-refractivity contribution in [2.24, 2.45) is 5.92 Å². The van der Waals surface area contributed by atoms with Crippen molar-refractivity contribution in [3.05, 3.63) is 53.7 Å². The van der Waals surface area contributed by atoms with Gasteiger partial charge in [-0.05, 0) is 56.0 Å². The highest BCUT2D eigenvalue weighted by Gasteiger charge is 2.29. The van der Waals surface area contributed by atoms with Crippen LogP contribution in [0.1, 0.15) is 48.0 Å². The Hall–Kier alpha value is -2.71. The second-order valence-corrected chi connectivity index (χ2v) is 7.89. The number of nitrogens with one attached hydrogen (secondary N) is 1. The predicted molar refractivity (Wildman–Crippen MR) is 109 cm³/mol. The number of benzene rings is 1. The molecular weight excluding hydrogens is 348 g/mol. The summed E-state index contributed by atoms with van der Waals surface area (Å²) in [6, 6.07) is 13.8. The minimum atomic E-state index is -0.0596. The van der Waals surface area contributed by atoms with Gasteiger partial charge in [-0.1, -0.05) is 25.0 Å². The number of nitrogens with zero attached hydrogens (tertiary/aromatic N) is 3. The minimum absolute atomic E-state index is 0.0596. The molecule has 0 spiro atoms. The van der Waals surface area contributed by atoms with Crippen LogP contribution in [0.2, 0.25) is 0 Å². The number of aromatic nitrogens is 1. The third-order valence-electron chi connectivity index (χ3n) is 6.04. The van der Waals surface area contributed by atoms with Gasteiger partial charge in [-0.25, -0.2) is 0 Å². The van der Waals surface area contributed by atoms with Gasteiger partial charge in [0.05, 0.1) is 11.3 Å². The minimum Gasteiger partial charge on any atom is -0.352 e. The number of hydrogen-bond acceptors (Lipinski definition) is 4. The standard InChI is InChI=1S/C23H26N4O/c24-14-20-7-4-11-25-22(20)18-5-3-6-19(13-18)23(28)26-15-17-10-12-27(16-17)21-8-1-2-9-21/h3-7,11,13,17,21H,1-2,8-10,12,15-16H2,(H,26,28)/t17-/m1/s1. The van der Waals surface area contributed by atoms with E-state index in [0.29, 0.717) is 22.7 Å². The Bertz CT molecular complexity index is 882. The van der Waals surface area contributed by atoms with Crippen LogP contribution in [-0.4, -0.2) is 41.5 Å². The number of amides is 1. The van der Waals surface area contributed by atoms with Gasteiger partial charge in [0.15, 0.2) is 0 Å². The van der Waals surface area contributed by atoms with Gasteiger partial charge in [-0.3, -0.25) is 9.78 Å². The molecule has 0 bridgehead atoms. The molecule has 1 aromatic carbocycles. The first kappa shape index (κ1) is 18.6. The Labute approximate surface area is 166 Å². The molecule has 28 heavy (non-hydrogen) atoms. The quantitative estimate of drug-likeness (QED) is 0.868. The third-order valence-corrected chi connectivity index (χ3v) is 6.04. The first-order valence-corrected chi connectivity index (χ1v) is 10.2. The molecule has 1 amide bonds. The van der Waals surface area contributed by atoms with Gasteiger partial charge >= 0.3 is 0 Å². The number of rotatable bonds is 5. The van der Waals surface area contributed by atoms with Crippen LogP contribution in [-0.2, 0) is 0 Å². The van der Waals surface area contributed by atoms with Crippen LogP contribution in [0, 0.1) is 17.2 Å². The Morgan fingerprint density at radius 1 is 1.21 bits per heavy atom. The predicted octanol–water partition coefficient (Wildman–Crippen LogP) is 3.61. The number of nitriles is 1. The molecule has 1 aromatic heterocycles. The summed E-state index contributed by atoms with van der Waals surface area (Å²) < 4.78 is 0. The molecule has 1 aliphatic heterocycles.